The largest absolute Gasteiger partial charge is 0.497 e. The number of carbonyl (C=O) groups excluding carboxylic acids is 1. The van der Waals surface area contributed by atoms with Gasteiger partial charge >= 0.3 is 0 Å². The number of rotatable bonds is 4. The number of hydrogen-bond donors (Lipinski definition) is 2. The van der Waals surface area contributed by atoms with Crippen LogP contribution in [-0.2, 0) is 11.2 Å². The summed E-state index contributed by atoms with van der Waals surface area (Å²) < 4.78 is 5.08. The SMILES string of the molecule is COc1ccc(CC(=O)N2CC(O)CC2(C)CO)cc1. The van der Waals surface area contributed by atoms with Crippen molar-refractivity contribution in [3.05, 3.63) is 29.8 Å². The van der Waals surface area contributed by atoms with Crippen LogP contribution in [0, 0.1) is 0 Å². The highest BCUT2D eigenvalue weighted by atomic mass is 16.5. The van der Waals surface area contributed by atoms with E-state index in [1.54, 1.807) is 18.9 Å². The minimum absolute atomic E-state index is 0.0803. The first-order valence-corrected chi connectivity index (χ1v) is 6.71. The molecule has 0 radical (unpaired) electrons. The van der Waals surface area contributed by atoms with Crippen molar-refractivity contribution in [2.75, 3.05) is 20.3 Å². The fourth-order valence-electron chi connectivity index (χ4n) is 2.68. The maximum atomic E-state index is 12.4. The summed E-state index contributed by atoms with van der Waals surface area (Å²) in [6.45, 7) is 1.94. The molecule has 1 saturated heterocycles. The van der Waals surface area contributed by atoms with Crippen molar-refractivity contribution in [3.63, 3.8) is 0 Å². The van der Waals surface area contributed by atoms with E-state index in [0.717, 1.165) is 11.3 Å². The number of likely N-dealkylation sites (tertiary alicyclic amines) is 1. The molecule has 5 heteroatoms. The number of aliphatic hydroxyl groups is 2. The molecule has 0 aliphatic carbocycles. The van der Waals surface area contributed by atoms with Crippen LogP contribution in [0.4, 0.5) is 0 Å². The van der Waals surface area contributed by atoms with Crippen LogP contribution in [0.1, 0.15) is 18.9 Å². The number of aliphatic hydroxyl groups excluding tert-OH is 2. The summed E-state index contributed by atoms with van der Waals surface area (Å²) in [5.41, 5.74) is 0.223. The van der Waals surface area contributed by atoms with Crippen molar-refractivity contribution < 1.29 is 19.7 Å². The molecular weight excluding hydrogens is 258 g/mol. The molecule has 2 atom stereocenters. The molecule has 2 N–H and O–H groups in total. The van der Waals surface area contributed by atoms with Gasteiger partial charge in [0.1, 0.15) is 5.75 Å². The fourth-order valence-corrected chi connectivity index (χ4v) is 2.68. The Balaban J connectivity index is 2.07. The molecule has 2 unspecified atom stereocenters. The van der Waals surface area contributed by atoms with Crippen molar-refractivity contribution >= 4 is 5.91 Å². The zero-order valence-electron chi connectivity index (χ0n) is 11.9. The van der Waals surface area contributed by atoms with E-state index in [4.69, 9.17) is 4.74 Å². The molecule has 0 aromatic heterocycles. The van der Waals surface area contributed by atoms with Crippen molar-refractivity contribution in [3.8, 4) is 5.75 Å². The molecule has 110 valence electrons. The Morgan fingerprint density at radius 1 is 1.45 bits per heavy atom. The Morgan fingerprint density at radius 3 is 2.65 bits per heavy atom. The summed E-state index contributed by atoms with van der Waals surface area (Å²) in [6.07, 6.45) is 0.108. The lowest BCUT2D eigenvalue weighted by Crippen LogP contribution is -2.48. The highest BCUT2D eigenvalue weighted by Crippen LogP contribution is 2.29. The number of carbonyl (C=O) groups is 1. The first-order chi connectivity index (χ1) is 9.48. The Bertz CT molecular complexity index is 473. The maximum absolute atomic E-state index is 12.4. The predicted molar refractivity (Wildman–Crippen MR) is 74.5 cm³/mol. The van der Waals surface area contributed by atoms with Crippen molar-refractivity contribution in [2.45, 2.75) is 31.4 Å². The minimum atomic E-state index is -0.664. The fraction of sp³-hybridized carbons (Fsp3) is 0.533. The van der Waals surface area contributed by atoms with E-state index in [1.807, 2.05) is 24.3 Å². The van der Waals surface area contributed by atoms with Gasteiger partial charge in [0.2, 0.25) is 5.91 Å². The third-order valence-electron chi connectivity index (χ3n) is 3.88. The van der Waals surface area contributed by atoms with Crippen LogP contribution in [0.25, 0.3) is 0 Å². The molecule has 1 amide bonds. The van der Waals surface area contributed by atoms with Gasteiger partial charge in [-0.05, 0) is 24.6 Å². The molecule has 2 rings (SSSR count). The summed E-state index contributed by atoms with van der Waals surface area (Å²) in [5, 5.41) is 19.2. The first-order valence-electron chi connectivity index (χ1n) is 6.71. The predicted octanol–water partition coefficient (Wildman–Crippen LogP) is 0.582. The van der Waals surface area contributed by atoms with E-state index in [1.165, 1.54) is 0 Å². The standard InChI is InChI=1S/C15H21NO4/c1-15(10-17)8-12(18)9-16(15)14(19)7-11-3-5-13(20-2)6-4-11/h3-6,12,17-18H,7-10H2,1-2H3. The summed E-state index contributed by atoms with van der Waals surface area (Å²) in [4.78, 5) is 13.9. The van der Waals surface area contributed by atoms with Crippen LogP contribution < -0.4 is 4.74 Å². The third kappa shape index (κ3) is 2.94. The van der Waals surface area contributed by atoms with Crippen LogP contribution in [0.5, 0.6) is 5.75 Å². The summed E-state index contributed by atoms with van der Waals surface area (Å²) in [5.74, 6) is 0.668. The molecule has 1 aliphatic rings. The van der Waals surface area contributed by atoms with Gasteiger partial charge < -0.3 is 19.8 Å². The average Bonchev–Trinajstić information content (AvgIpc) is 2.75. The van der Waals surface area contributed by atoms with Gasteiger partial charge in [0.05, 0.1) is 31.8 Å². The second-order valence-electron chi connectivity index (χ2n) is 5.54. The lowest BCUT2D eigenvalue weighted by molar-refractivity contribution is -0.135. The second-order valence-corrected chi connectivity index (χ2v) is 5.54. The normalized spacial score (nSPS) is 25.8. The van der Waals surface area contributed by atoms with Gasteiger partial charge in [0.15, 0.2) is 0 Å². The van der Waals surface area contributed by atoms with E-state index in [9.17, 15) is 15.0 Å². The van der Waals surface area contributed by atoms with Crippen molar-refractivity contribution in [1.82, 2.24) is 4.90 Å². The number of benzene rings is 1. The van der Waals surface area contributed by atoms with E-state index >= 15 is 0 Å². The Kier molecular flexibility index (Phi) is 4.30. The molecule has 0 spiro atoms. The van der Waals surface area contributed by atoms with E-state index in [2.05, 4.69) is 0 Å². The van der Waals surface area contributed by atoms with Crippen LogP contribution in [0.2, 0.25) is 0 Å². The number of ether oxygens (including phenoxy) is 1. The quantitative estimate of drug-likeness (QED) is 0.846. The number of methoxy groups -OCH3 is 1. The van der Waals surface area contributed by atoms with Gasteiger partial charge in [-0.2, -0.15) is 0 Å². The highest BCUT2D eigenvalue weighted by molar-refractivity contribution is 5.80. The Hall–Kier alpha value is -1.59. The molecular formula is C15H21NO4. The third-order valence-corrected chi connectivity index (χ3v) is 3.88. The van der Waals surface area contributed by atoms with Crippen LogP contribution >= 0.6 is 0 Å². The number of hydrogen-bond acceptors (Lipinski definition) is 4. The first kappa shape index (κ1) is 14.8. The van der Waals surface area contributed by atoms with Gasteiger partial charge in [-0.25, -0.2) is 0 Å². The van der Waals surface area contributed by atoms with Gasteiger partial charge in [0.25, 0.3) is 0 Å². The monoisotopic (exact) mass is 279 g/mol. The van der Waals surface area contributed by atoms with Crippen molar-refractivity contribution in [2.24, 2.45) is 0 Å². The van der Waals surface area contributed by atoms with Gasteiger partial charge in [0, 0.05) is 13.0 Å². The Labute approximate surface area is 118 Å². The molecule has 1 aromatic rings. The van der Waals surface area contributed by atoms with E-state index < -0.39 is 11.6 Å². The number of β-amino-alcohol motifs (C(OH)–C–C–N with tert-alkyl or cyclic N) is 1. The zero-order valence-corrected chi connectivity index (χ0v) is 11.9. The summed E-state index contributed by atoms with van der Waals surface area (Å²) in [6, 6.07) is 7.32. The molecule has 1 fully saturated rings. The van der Waals surface area contributed by atoms with Crippen molar-refractivity contribution in [1.29, 1.82) is 0 Å². The van der Waals surface area contributed by atoms with E-state index in [-0.39, 0.29) is 25.5 Å². The number of amides is 1. The van der Waals surface area contributed by atoms with Crippen LogP contribution in [0.3, 0.4) is 0 Å². The van der Waals surface area contributed by atoms with Gasteiger partial charge in [-0.3, -0.25) is 4.79 Å². The molecule has 20 heavy (non-hydrogen) atoms. The topological polar surface area (TPSA) is 70.0 Å². The lowest BCUT2D eigenvalue weighted by atomic mass is 9.99. The van der Waals surface area contributed by atoms with Crippen LogP contribution in [-0.4, -0.2) is 52.9 Å². The smallest absolute Gasteiger partial charge is 0.227 e. The van der Waals surface area contributed by atoms with E-state index in [0.29, 0.717) is 6.42 Å². The molecule has 1 heterocycles. The van der Waals surface area contributed by atoms with Crippen LogP contribution in [0.15, 0.2) is 24.3 Å². The maximum Gasteiger partial charge on any atom is 0.227 e. The highest BCUT2D eigenvalue weighted by Gasteiger charge is 2.43. The zero-order chi connectivity index (χ0) is 14.8. The molecule has 0 bridgehead atoms. The Morgan fingerprint density at radius 2 is 2.10 bits per heavy atom. The molecule has 1 aliphatic heterocycles. The van der Waals surface area contributed by atoms with Gasteiger partial charge in [-0.1, -0.05) is 12.1 Å². The summed E-state index contributed by atoms with van der Waals surface area (Å²) >= 11 is 0. The molecule has 1 aromatic carbocycles. The summed E-state index contributed by atoms with van der Waals surface area (Å²) in [7, 11) is 1.60. The average molecular weight is 279 g/mol. The number of nitrogens with zero attached hydrogens (tertiary/aromatic N) is 1. The molecule has 0 saturated carbocycles. The second kappa shape index (κ2) is 5.81. The molecule has 5 nitrogen and oxygen atoms in total. The van der Waals surface area contributed by atoms with Gasteiger partial charge in [-0.15, -0.1) is 0 Å². The minimum Gasteiger partial charge on any atom is -0.497 e. The lowest BCUT2D eigenvalue weighted by Gasteiger charge is -2.33.